The molecule has 0 aromatic heterocycles. The Labute approximate surface area is 74.9 Å². The molecular weight excluding hydrogens is 195 g/mol. The Hall–Kier alpha value is 0. The van der Waals surface area contributed by atoms with Gasteiger partial charge in [-0.1, -0.05) is 0 Å². The first-order chi connectivity index (χ1) is 5.00. The van der Waals surface area contributed by atoms with Crippen LogP contribution >= 0.6 is 12.4 Å². The third-order valence-corrected chi connectivity index (χ3v) is 1.59. The Morgan fingerprint density at radius 2 is 2.00 bits per heavy atom. The molecule has 1 saturated heterocycles. The van der Waals surface area contributed by atoms with Crippen molar-refractivity contribution >= 4 is 12.4 Å². The van der Waals surface area contributed by atoms with Crippen molar-refractivity contribution < 1.29 is 17.9 Å². The van der Waals surface area contributed by atoms with E-state index < -0.39 is 12.2 Å². The highest BCUT2D eigenvalue weighted by Gasteiger charge is 2.41. The molecule has 1 fully saturated rings. The van der Waals surface area contributed by atoms with Gasteiger partial charge in [-0.25, -0.2) is 0 Å². The lowest BCUT2D eigenvalue weighted by molar-refractivity contribution is -0.182. The fourth-order valence-corrected chi connectivity index (χ4v) is 0.897. The minimum absolute atomic E-state index is 0. The summed E-state index contributed by atoms with van der Waals surface area (Å²) in [4.78, 5) is 0. The zero-order valence-electron chi connectivity index (χ0n) is 6.52. The van der Waals surface area contributed by atoms with E-state index in [2.05, 4.69) is 5.32 Å². The average Bonchev–Trinajstić information content (AvgIpc) is 1.86. The van der Waals surface area contributed by atoms with Crippen LogP contribution in [0, 0.1) is 0 Å². The van der Waals surface area contributed by atoms with Crippen molar-refractivity contribution in [1.29, 1.82) is 0 Å². The molecule has 6 heteroatoms. The summed E-state index contributed by atoms with van der Waals surface area (Å²) < 4.78 is 40.6. The van der Waals surface area contributed by atoms with Crippen LogP contribution in [0.3, 0.4) is 0 Å². The van der Waals surface area contributed by atoms with Crippen LogP contribution < -0.4 is 5.32 Å². The molecule has 0 aliphatic carbocycles. The summed E-state index contributed by atoms with van der Waals surface area (Å²) >= 11 is 0. The SMILES string of the molecule is CC1CNC(C(F)(F)F)CO1.Cl. The molecular formula is C6H11ClF3NO. The summed E-state index contributed by atoms with van der Waals surface area (Å²) in [6, 6.07) is -1.49. The molecule has 1 rings (SSSR count). The van der Waals surface area contributed by atoms with Crippen molar-refractivity contribution in [3.63, 3.8) is 0 Å². The first kappa shape index (κ1) is 12.0. The van der Waals surface area contributed by atoms with Crippen molar-refractivity contribution in [2.45, 2.75) is 25.2 Å². The summed E-state index contributed by atoms with van der Waals surface area (Å²) in [5.41, 5.74) is 0. The first-order valence-electron chi connectivity index (χ1n) is 3.42. The Balaban J connectivity index is 0.00000121. The van der Waals surface area contributed by atoms with Gasteiger partial charge in [0.2, 0.25) is 0 Å². The van der Waals surface area contributed by atoms with Gasteiger partial charge in [-0.15, -0.1) is 12.4 Å². The molecule has 2 nitrogen and oxygen atoms in total. The second kappa shape index (κ2) is 4.30. The number of rotatable bonds is 0. The smallest absolute Gasteiger partial charge is 0.375 e. The minimum atomic E-state index is -4.18. The first-order valence-corrected chi connectivity index (χ1v) is 3.42. The van der Waals surface area contributed by atoms with Gasteiger partial charge in [0, 0.05) is 6.54 Å². The van der Waals surface area contributed by atoms with Crippen molar-refractivity contribution in [2.75, 3.05) is 13.2 Å². The third-order valence-electron chi connectivity index (χ3n) is 1.59. The summed E-state index contributed by atoms with van der Waals surface area (Å²) in [6.45, 7) is 1.73. The van der Waals surface area contributed by atoms with Crippen LogP contribution in [-0.2, 0) is 4.74 Å². The van der Waals surface area contributed by atoms with E-state index in [-0.39, 0.29) is 31.7 Å². The fraction of sp³-hybridized carbons (Fsp3) is 1.00. The van der Waals surface area contributed by atoms with Crippen LogP contribution in [-0.4, -0.2) is 31.5 Å². The quantitative estimate of drug-likeness (QED) is 0.645. The summed E-state index contributed by atoms with van der Waals surface area (Å²) in [5.74, 6) is 0. The molecule has 1 aliphatic heterocycles. The molecule has 1 N–H and O–H groups in total. The van der Waals surface area contributed by atoms with Crippen molar-refractivity contribution in [1.82, 2.24) is 5.32 Å². The molecule has 2 unspecified atom stereocenters. The van der Waals surface area contributed by atoms with E-state index in [0.717, 1.165) is 0 Å². The topological polar surface area (TPSA) is 21.3 Å². The highest BCUT2D eigenvalue weighted by Crippen LogP contribution is 2.22. The second-order valence-electron chi connectivity index (χ2n) is 2.65. The van der Waals surface area contributed by atoms with Gasteiger partial charge >= 0.3 is 6.18 Å². The zero-order chi connectivity index (χ0) is 8.48. The molecule has 0 aromatic carbocycles. The lowest BCUT2D eigenvalue weighted by atomic mass is 10.2. The molecule has 1 aliphatic rings. The van der Waals surface area contributed by atoms with Crippen LogP contribution in [0.4, 0.5) is 13.2 Å². The minimum Gasteiger partial charge on any atom is -0.375 e. The van der Waals surface area contributed by atoms with Gasteiger partial charge < -0.3 is 10.1 Å². The zero-order valence-corrected chi connectivity index (χ0v) is 7.34. The third kappa shape index (κ3) is 3.16. The van der Waals surface area contributed by atoms with Crippen molar-refractivity contribution in [2.24, 2.45) is 0 Å². The van der Waals surface area contributed by atoms with Crippen LogP contribution in [0.25, 0.3) is 0 Å². The van der Waals surface area contributed by atoms with Gasteiger partial charge in [0.05, 0.1) is 12.7 Å². The molecule has 0 aromatic rings. The largest absolute Gasteiger partial charge is 0.406 e. The summed E-state index contributed by atoms with van der Waals surface area (Å²) in [7, 11) is 0. The van der Waals surface area contributed by atoms with E-state index in [1.807, 2.05) is 0 Å². The highest BCUT2D eigenvalue weighted by atomic mass is 35.5. The Morgan fingerprint density at radius 3 is 2.33 bits per heavy atom. The summed E-state index contributed by atoms with van der Waals surface area (Å²) in [5, 5.41) is 2.36. The monoisotopic (exact) mass is 205 g/mol. The predicted octanol–water partition coefficient (Wildman–Crippen LogP) is 1.35. The summed E-state index contributed by atoms with van der Waals surface area (Å²) in [6.07, 6.45) is -4.30. The number of nitrogens with one attached hydrogen (secondary N) is 1. The van der Waals surface area contributed by atoms with Gasteiger partial charge in [-0.2, -0.15) is 13.2 Å². The fourth-order valence-electron chi connectivity index (χ4n) is 0.897. The number of hydrogen-bond acceptors (Lipinski definition) is 2. The molecule has 0 amide bonds. The van der Waals surface area contributed by atoms with E-state index >= 15 is 0 Å². The Morgan fingerprint density at radius 1 is 1.42 bits per heavy atom. The van der Waals surface area contributed by atoms with E-state index in [0.29, 0.717) is 0 Å². The number of morpholine rings is 1. The van der Waals surface area contributed by atoms with Gasteiger partial charge in [-0.3, -0.25) is 0 Å². The standard InChI is InChI=1S/C6H10F3NO.ClH/c1-4-2-10-5(3-11-4)6(7,8)9;/h4-5,10H,2-3H2,1H3;1H. The van der Waals surface area contributed by atoms with Crippen LogP contribution in [0.1, 0.15) is 6.92 Å². The number of alkyl halides is 3. The maximum Gasteiger partial charge on any atom is 0.406 e. The van der Waals surface area contributed by atoms with Gasteiger partial charge in [0.25, 0.3) is 0 Å². The predicted molar refractivity (Wildman–Crippen MR) is 40.5 cm³/mol. The molecule has 1 heterocycles. The Kier molecular flexibility index (Phi) is 4.30. The van der Waals surface area contributed by atoms with E-state index in [4.69, 9.17) is 4.74 Å². The normalized spacial score (nSPS) is 31.0. The molecule has 0 bridgehead atoms. The molecule has 12 heavy (non-hydrogen) atoms. The molecule has 0 spiro atoms. The molecule has 0 radical (unpaired) electrons. The van der Waals surface area contributed by atoms with Crippen LogP contribution in [0.5, 0.6) is 0 Å². The van der Waals surface area contributed by atoms with E-state index in [1.165, 1.54) is 0 Å². The van der Waals surface area contributed by atoms with E-state index in [9.17, 15) is 13.2 Å². The van der Waals surface area contributed by atoms with Gasteiger partial charge in [-0.05, 0) is 6.92 Å². The van der Waals surface area contributed by atoms with Crippen LogP contribution in [0.15, 0.2) is 0 Å². The number of ether oxygens (including phenoxy) is 1. The van der Waals surface area contributed by atoms with Gasteiger partial charge in [0.1, 0.15) is 6.04 Å². The number of hydrogen-bond donors (Lipinski definition) is 1. The lowest BCUT2D eigenvalue weighted by Crippen LogP contribution is -2.52. The Bertz CT molecular complexity index is 133. The van der Waals surface area contributed by atoms with Crippen LogP contribution in [0.2, 0.25) is 0 Å². The lowest BCUT2D eigenvalue weighted by Gasteiger charge is -2.29. The second-order valence-corrected chi connectivity index (χ2v) is 2.65. The maximum atomic E-state index is 11.9. The van der Waals surface area contributed by atoms with Crippen molar-refractivity contribution in [3.05, 3.63) is 0 Å². The van der Waals surface area contributed by atoms with Crippen molar-refractivity contribution in [3.8, 4) is 0 Å². The highest BCUT2D eigenvalue weighted by molar-refractivity contribution is 5.85. The van der Waals surface area contributed by atoms with E-state index in [1.54, 1.807) is 6.92 Å². The number of halogens is 4. The van der Waals surface area contributed by atoms with Gasteiger partial charge in [0.15, 0.2) is 0 Å². The maximum absolute atomic E-state index is 11.9. The molecule has 0 saturated carbocycles. The average molecular weight is 206 g/mol. The molecule has 2 atom stereocenters. The molecule has 74 valence electrons.